The first-order chi connectivity index (χ1) is 12.1. The van der Waals surface area contributed by atoms with Gasteiger partial charge in [0.15, 0.2) is 5.13 Å². The Kier molecular flexibility index (Phi) is 4.15. The fourth-order valence-electron chi connectivity index (χ4n) is 2.90. The van der Waals surface area contributed by atoms with Crippen molar-refractivity contribution in [1.82, 2.24) is 4.98 Å². The Balaban J connectivity index is 1.48. The maximum atomic E-state index is 12.5. The van der Waals surface area contributed by atoms with Crippen molar-refractivity contribution in [3.8, 4) is 0 Å². The first-order valence-corrected chi connectivity index (χ1v) is 9.02. The Bertz CT molecular complexity index is 957. The Morgan fingerprint density at radius 2 is 2.04 bits per heavy atom. The number of anilines is 2. The number of hydrogen-bond donors (Lipinski definition) is 1. The van der Waals surface area contributed by atoms with Crippen LogP contribution in [-0.2, 0) is 9.59 Å². The summed E-state index contributed by atoms with van der Waals surface area (Å²) in [5.74, 6) is -0.609. The summed E-state index contributed by atoms with van der Waals surface area (Å²) in [5.41, 5.74) is 1.61. The monoisotopic (exact) mass is 371 g/mol. The highest BCUT2D eigenvalue weighted by Gasteiger charge is 2.35. The van der Waals surface area contributed by atoms with Gasteiger partial charge in [0, 0.05) is 23.7 Å². The van der Waals surface area contributed by atoms with Crippen LogP contribution in [0.1, 0.15) is 6.42 Å². The molecule has 0 radical (unpaired) electrons. The van der Waals surface area contributed by atoms with Gasteiger partial charge in [0.05, 0.1) is 16.1 Å². The number of amides is 2. The van der Waals surface area contributed by atoms with E-state index in [0.717, 1.165) is 15.9 Å². The topological polar surface area (TPSA) is 62.3 Å². The van der Waals surface area contributed by atoms with Crippen molar-refractivity contribution in [1.29, 1.82) is 0 Å². The largest absolute Gasteiger partial charge is 0.312 e. The van der Waals surface area contributed by atoms with Crippen molar-refractivity contribution >= 4 is 55.8 Å². The van der Waals surface area contributed by atoms with Gasteiger partial charge in [-0.25, -0.2) is 4.98 Å². The number of para-hydroxylation sites is 1. The van der Waals surface area contributed by atoms with Crippen LogP contribution in [0.2, 0.25) is 5.02 Å². The quantitative estimate of drug-likeness (QED) is 0.758. The van der Waals surface area contributed by atoms with Crippen LogP contribution in [-0.4, -0.2) is 23.3 Å². The average molecular weight is 372 g/mol. The fourth-order valence-corrected chi connectivity index (χ4v) is 4.04. The highest BCUT2D eigenvalue weighted by Crippen LogP contribution is 2.30. The third-order valence-electron chi connectivity index (χ3n) is 4.14. The van der Waals surface area contributed by atoms with E-state index in [9.17, 15) is 9.59 Å². The van der Waals surface area contributed by atoms with Crippen LogP contribution in [0.25, 0.3) is 10.2 Å². The van der Waals surface area contributed by atoms with E-state index in [1.54, 1.807) is 11.0 Å². The highest BCUT2D eigenvalue weighted by atomic mass is 35.5. The minimum atomic E-state index is -0.386. The Morgan fingerprint density at radius 1 is 1.24 bits per heavy atom. The Hall–Kier alpha value is -2.44. The van der Waals surface area contributed by atoms with Crippen molar-refractivity contribution in [3.05, 3.63) is 53.6 Å². The zero-order chi connectivity index (χ0) is 17.4. The molecule has 1 N–H and O–H groups in total. The summed E-state index contributed by atoms with van der Waals surface area (Å²) in [7, 11) is 0. The minimum Gasteiger partial charge on any atom is -0.312 e. The molecular formula is C18H14ClN3O2S. The van der Waals surface area contributed by atoms with E-state index in [-0.39, 0.29) is 24.2 Å². The maximum Gasteiger partial charge on any atom is 0.231 e. The van der Waals surface area contributed by atoms with E-state index in [0.29, 0.717) is 16.7 Å². The van der Waals surface area contributed by atoms with Crippen molar-refractivity contribution in [3.63, 3.8) is 0 Å². The highest BCUT2D eigenvalue weighted by molar-refractivity contribution is 7.22. The van der Waals surface area contributed by atoms with E-state index in [1.165, 1.54) is 11.3 Å². The van der Waals surface area contributed by atoms with Crippen LogP contribution in [0.4, 0.5) is 10.8 Å². The van der Waals surface area contributed by atoms with Crippen LogP contribution < -0.4 is 10.2 Å². The zero-order valence-electron chi connectivity index (χ0n) is 13.1. The molecule has 5 nitrogen and oxygen atoms in total. The second-order valence-electron chi connectivity index (χ2n) is 5.86. The van der Waals surface area contributed by atoms with E-state index < -0.39 is 0 Å². The van der Waals surface area contributed by atoms with Gasteiger partial charge in [-0.1, -0.05) is 41.1 Å². The van der Waals surface area contributed by atoms with Gasteiger partial charge < -0.3 is 10.2 Å². The minimum absolute atomic E-state index is 0.0394. The summed E-state index contributed by atoms with van der Waals surface area (Å²) >= 11 is 7.35. The van der Waals surface area contributed by atoms with E-state index in [1.807, 2.05) is 42.5 Å². The number of fused-ring (bicyclic) bond motifs is 1. The van der Waals surface area contributed by atoms with Gasteiger partial charge in [0.25, 0.3) is 0 Å². The summed E-state index contributed by atoms with van der Waals surface area (Å²) in [6.45, 7) is 0.380. The second-order valence-corrected chi connectivity index (χ2v) is 7.33. The van der Waals surface area contributed by atoms with Crippen LogP contribution in [0.5, 0.6) is 0 Å². The molecule has 2 amide bonds. The van der Waals surface area contributed by atoms with Crippen molar-refractivity contribution in [2.24, 2.45) is 5.92 Å². The van der Waals surface area contributed by atoms with E-state index >= 15 is 0 Å². The molecule has 0 saturated carbocycles. The molecule has 1 aliphatic heterocycles. The lowest BCUT2D eigenvalue weighted by Crippen LogP contribution is -2.28. The number of nitrogens with zero attached hydrogens (tertiary/aromatic N) is 2. The average Bonchev–Trinajstić information content (AvgIpc) is 3.18. The number of aromatic nitrogens is 1. The summed E-state index contributed by atoms with van der Waals surface area (Å²) in [6, 6.07) is 14.8. The molecule has 0 spiro atoms. The second kappa shape index (κ2) is 6.46. The number of thiazole rings is 1. The lowest BCUT2D eigenvalue weighted by Gasteiger charge is -2.16. The molecule has 25 heavy (non-hydrogen) atoms. The fraction of sp³-hybridized carbons (Fsp3) is 0.167. The van der Waals surface area contributed by atoms with Crippen LogP contribution in [0.3, 0.4) is 0 Å². The molecule has 0 aliphatic carbocycles. The first-order valence-electron chi connectivity index (χ1n) is 7.82. The maximum absolute atomic E-state index is 12.5. The molecule has 2 aromatic carbocycles. The van der Waals surface area contributed by atoms with Gasteiger partial charge in [-0.2, -0.15) is 0 Å². The summed E-state index contributed by atoms with van der Waals surface area (Å²) in [6.07, 6.45) is 0.206. The molecule has 2 heterocycles. The smallest absolute Gasteiger partial charge is 0.231 e. The zero-order valence-corrected chi connectivity index (χ0v) is 14.7. The van der Waals surface area contributed by atoms with Gasteiger partial charge >= 0.3 is 0 Å². The Labute approximate surface area is 153 Å². The lowest BCUT2D eigenvalue weighted by molar-refractivity contribution is -0.122. The van der Waals surface area contributed by atoms with Gasteiger partial charge in [-0.15, -0.1) is 0 Å². The predicted octanol–water partition coefficient (Wildman–Crippen LogP) is 3.94. The van der Waals surface area contributed by atoms with Crippen molar-refractivity contribution in [2.45, 2.75) is 6.42 Å². The number of carbonyl (C=O) groups is 2. The Morgan fingerprint density at radius 3 is 2.84 bits per heavy atom. The first kappa shape index (κ1) is 16.1. The molecule has 1 aromatic heterocycles. The predicted molar refractivity (Wildman–Crippen MR) is 100 cm³/mol. The van der Waals surface area contributed by atoms with Crippen LogP contribution >= 0.6 is 22.9 Å². The SMILES string of the molecule is O=C(Nc1nc2ccc(Cl)cc2s1)C1CC(=O)N(c2ccccc2)C1. The normalized spacial score (nSPS) is 17.2. The lowest BCUT2D eigenvalue weighted by atomic mass is 10.1. The van der Waals surface area contributed by atoms with Crippen molar-refractivity contribution < 1.29 is 9.59 Å². The molecule has 3 aromatic rings. The number of halogens is 1. The molecular weight excluding hydrogens is 358 g/mol. The number of hydrogen-bond acceptors (Lipinski definition) is 4. The molecule has 7 heteroatoms. The molecule has 1 atom stereocenters. The van der Waals surface area contributed by atoms with Crippen LogP contribution in [0.15, 0.2) is 48.5 Å². The molecule has 1 aliphatic rings. The van der Waals surface area contributed by atoms with E-state index in [2.05, 4.69) is 10.3 Å². The van der Waals surface area contributed by atoms with E-state index in [4.69, 9.17) is 11.6 Å². The molecule has 126 valence electrons. The number of carbonyl (C=O) groups excluding carboxylic acids is 2. The van der Waals surface area contributed by atoms with Crippen LogP contribution in [0, 0.1) is 5.92 Å². The van der Waals surface area contributed by atoms with Gasteiger partial charge in [-0.3, -0.25) is 9.59 Å². The van der Waals surface area contributed by atoms with Gasteiger partial charge in [-0.05, 0) is 30.3 Å². The number of benzene rings is 2. The van der Waals surface area contributed by atoms with Gasteiger partial charge in [0.2, 0.25) is 11.8 Å². The molecule has 4 rings (SSSR count). The summed E-state index contributed by atoms with van der Waals surface area (Å²) in [4.78, 5) is 30.8. The summed E-state index contributed by atoms with van der Waals surface area (Å²) in [5, 5.41) is 3.99. The molecule has 1 fully saturated rings. The van der Waals surface area contributed by atoms with Gasteiger partial charge in [0.1, 0.15) is 0 Å². The molecule has 0 bridgehead atoms. The number of rotatable bonds is 3. The van der Waals surface area contributed by atoms with Crippen molar-refractivity contribution in [2.75, 3.05) is 16.8 Å². The third kappa shape index (κ3) is 3.23. The standard InChI is InChI=1S/C18H14ClN3O2S/c19-12-6-7-14-15(9-12)25-18(20-14)21-17(24)11-8-16(23)22(10-11)13-4-2-1-3-5-13/h1-7,9,11H,8,10H2,(H,20,21,24). The number of nitrogens with one attached hydrogen (secondary N) is 1. The third-order valence-corrected chi connectivity index (χ3v) is 5.31. The molecule has 1 unspecified atom stereocenters. The summed E-state index contributed by atoms with van der Waals surface area (Å²) < 4.78 is 0.913. The molecule has 1 saturated heterocycles.